The molecule has 0 bridgehead atoms. The van der Waals surface area contributed by atoms with Crippen LogP contribution in [0.1, 0.15) is 11.1 Å². The minimum Gasteiger partial charge on any atom is -0.497 e. The van der Waals surface area contributed by atoms with Crippen LogP contribution in [-0.2, 0) is 33.0 Å². The quantitative estimate of drug-likeness (QED) is 0.486. The Balaban J connectivity index is 1.69. The first-order valence-corrected chi connectivity index (χ1v) is 14.2. The molecule has 3 aromatic rings. The minimum atomic E-state index is -4.00. The molecule has 34 heavy (non-hydrogen) atoms. The summed E-state index contributed by atoms with van der Waals surface area (Å²) in [5.74, 6) is 0.190. The molecule has 1 aliphatic rings. The molecule has 0 spiro atoms. The number of sulfone groups is 1. The highest BCUT2D eigenvalue weighted by atomic mass is 32.2. The Hall–Kier alpha value is -2.72. The van der Waals surface area contributed by atoms with Crippen molar-refractivity contribution in [1.29, 1.82) is 0 Å². The molecule has 1 heterocycles. The van der Waals surface area contributed by atoms with Gasteiger partial charge in [-0.15, -0.1) is 0 Å². The Morgan fingerprint density at radius 3 is 2.06 bits per heavy atom. The predicted octanol–water partition coefficient (Wildman–Crippen LogP) is 2.84. The summed E-state index contributed by atoms with van der Waals surface area (Å²) in [7, 11) is -5.92. The van der Waals surface area contributed by atoms with Gasteiger partial charge in [-0.1, -0.05) is 60.7 Å². The lowest BCUT2D eigenvalue weighted by Crippen LogP contribution is -2.51. The van der Waals surface area contributed by atoms with Crippen LogP contribution in [0.5, 0.6) is 5.75 Å². The molecule has 1 saturated heterocycles. The highest BCUT2D eigenvalue weighted by molar-refractivity contribution is 7.92. The second kappa shape index (κ2) is 10.3. The molecule has 1 N–H and O–H groups in total. The summed E-state index contributed by atoms with van der Waals surface area (Å²) >= 11 is 0. The van der Waals surface area contributed by atoms with Gasteiger partial charge in [0.1, 0.15) is 5.75 Å². The number of sulfonamides is 1. The Kier molecular flexibility index (Phi) is 7.37. The zero-order valence-electron chi connectivity index (χ0n) is 18.9. The fraction of sp³-hybridized carbons (Fsp3) is 0.280. The van der Waals surface area contributed by atoms with Gasteiger partial charge >= 0.3 is 0 Å². The second-order valence-corrected chi connectivity index (χ2v) is 12.4. The summed E-state index contributed by atoms with van der Waals surface area (Å²) in [5.41, 5.74) is 1.78. The van der Waals surface area contributed by atoms with Crippen molar-refractivity contribution in [1.82, 2.24) is 9.62 Å². The van der Waals surface area contributed by atoms with E-state index >= 15 is 0 Å². The molecule has 4 rings (SSSR count). The van der Waals surface area contributed by atoms with Crippen LogP contribution >= 0.6 is 0 Å². The van der Waals surface area contributed by atoms with Crippen molar-refractivity contribution in [3.63, 3.8) is 0 Å². The summed E-state index contributed by atoms with van der Waals surface area (Å²) in [4.78, 5) is 0.0929. The molecule has 1 aliphatic heterocycles. The van der Waals surface area contributed by atoms with E-state index in [1.54, 1.807) is 12.1 Å². The lowest BCUT2D eigenvalue weighted by atomic mass is 10.1. The van der Waals surface area contributed by atoms with Crippen LogP contribution in [0.3, 0.4) is 0 Å². The van der Waals surface area contributed by atoms with E-state index in [-0.39, 0.29) is 22.9 Å². The summed E-state index contributed by atoms with van der Waals surface area (Å²) in [6.45, 7) is 0.512. The monoisotopic (exact) mass is 500 g/mol. The van der Waals surface area contributed by atoms with Crippen LogP contribution in [0.2, 0.25) is 0 Å². The van der Waals surface area contributed by atoms with Crippen LogP contribution in [0.15, 0.2) is 89.8 Å². The number of methoxy groups -OCH3 is 1. The van der Waals surface area contributed by atoms with Crippen LogP contribution in [0, 0.1) is 0 Å². The standard InChI is InChI=1S/C25H28N2O5S2/c1-32-22-12-14-23(15-13-22)34(30,31)27(17-21-10-6-3-7-11-21)25-19-33(28,29)18-24(25)26-16-20-8-4-2-5-9-20/h2-15,24-26H,16-19H2,1H3/t24-,25+/m0/s1. The number of hydrogen-bond donors (Lipinski definition) is 1. The molecule has 0 unspecified atom stereocenters. The third-order valence-electron chi connectivity index (χ3n) is 5.95. The topological polar surface area (TPSA) is 92.8 Å². The van der Waals surface area contributed by atoms with Crippen LogP contribution in [-0.4, -0.2) is 51.8 Å². The van der Waals surface area contributed by atoms with Gasteiger partial charge < -0.3 is 10.1 Å². The third kappa shape index (κ3) is 5.67. The summed E-state index contributed by atoms with van der Waals surface area (Å²) in [5, 5.41) is 3.31. The van der Waals surface area contributed by atoms with Crippen molar-refractivity contribution in [3.8, 4) is 5.75 Å². The van der Waals surface area contributed by atoms with E-state index < -0.39 is 31.9 Å². The predicted molar refractivity (Wildman–Crippen MR) is 132 cm³/mol. The molecular formula is C25H28N2O5S2. The fourth-order valence-corrected chi connectivity index (χ4v) is 7.88. The van der Waals surface area contributed by atoms with Gasteiger partial charge in [-0.2, -0.15) is 4.31 Å². The first-order valence-electron chi connectivity index (χ1n) is 11.0. The van der Waals surface area contributed by atoms with Crippen molar-refractivity contribution in [2.24, 2.45) is 0 Å². The first-order chi connectivity index (χ1) is 16.3. The highest BCUT2D eigenvalue weighted by Gasteiger charge is 2.45. The SMILES string of the molecule is COc1ccc(S(=O)(=O)N(Cc2ccccc2)[C@@H]2CS(=O)(=O)C[C@@H]2NCc2ccccc2)cc1. The highest BCUT2D eigenvalue weighted by Crippen LogP contribution is 2.28. The normalized spacial score (nSPS) is 19.8. The van der Waals surface area contributed by atoms with Gasteiger partial charge in [0.15, 0.2) is 9.84 Å². The van der Waals surface area contributed by atoms with E-state index in [1.807, 2.05) is 60.7 Å². The van der Waals surface area contributed by atoms with Gasteiger partial charge in [0, 0.05) is 19.1 Å². The number of nitrogens with one attached hydrogen (secondary N) is 1. The molecule has 7 nitrogen and oxygen atoms in total. The van der Waals surface area contributed by atoms with Gasteiger partial charge in [-0.3, -0.25) is 0 Å². The fourth-order valence-electron chi connectivity index (χ4n) is 4.18. The molecule has 2 atom stereocenters. The Morgan fingerprint density at radius 2 is 1.47 bits per heavy atom. The Bertz CT molecular complexity index is 1300. The molecule has 0 aromatic heterocycles. The van der Waals surface area contributed by atoms with E-state index in [0.717, 1.165) is 11.1 Å². The number of hydrogen-bond acceptors (Lipinski definition) is 6. The Morgan fingerprint density at radius 1 is 0.882 bits per heavy atom. The lowest BCUT2D eigenvalue weighted by molar-refractivity contribution is 0.286. The van der Waals surface area contributed by atoms with Gasteiger partial charge in [0.05, 0.1) is 29.6 Å². The van der Waals surface area contributed by atoms with Crippen molar-refractivity contribution in [2.75, 3.05) is 18.6 Å². The summed E-state index contributed by atoms with van der Waals surface area (Å²) < 4.78 is 59.5. The average Bonchev–Trinajstić information content (AvgIpc) is 3.16. The van der Waals surface area contributed by atoms with Crippen molar-refractivity contribution >= 4 is 19.9 Å². The molecule has 0 amide bonds. The molecule has 0 saturated carbocycles. The maximum absolute atomic E-state index is 13.8. The van der Waals surface area contributed by atoms with Gasteiger partial charge in [0.2, 0.25) is 10.0 Å². The molecule has 0 radical (unpaired) electrons. The van der Waals surface area contributed by atoms with Gasteiger partial charge in [-0.05, 0) is 35.4 Å². The van der Waals surface area contributed by atoms with Crippen molar-refractivity contribution in [2.45, 2.75) is 30.1 Å². The smallest absolute Gasteiger partial charge is 0.243 e. The largest absolute Gasteiger partial charge is 0.497 e. The van der Waals surface area contributed by atoms with Gasteiger partial charge in [-0.25, -0.2) is 16.8 Å². The lowest BCUT2D eigenvalue weighted by Gasteiger charge is -2.32. The number of nitrogens with zero attached hydrogens (tertiary/aromatic N) is 1. The van der Waals surface area contributed by atoms with Crippen LogP contribution in [0.4, 0.5) is 0 Å². The van der Waals surface area contributed by atoms with E-state index in [9.17, 15) is 16.8 Å². The molecule has 9 heteroatoms. The Labute approximate surface area is 201 Å². The third-order valence-corrected chi connectivity index (χ3v) is 9.55. The minimum absolute atomic E-state index is 0.0684. The molecular weight excluding hydrogens is 472 g/mol. The van der Waals surface area contributed by atoms with Crippen molar-refractivity contribution < 1.29 is 21.6 Å². The zero-order chi connectivity index (χ0) is 24.2. The van der Waals surface area contributed by atoms with Gasteiger partial charge in [0.25, 0.3) is 0 Å². The summed E-state index contributed by atoms with van der Waals surface area (Å²) in [6.07, 6.45) is 0. The maximum Gasteiger partial charge on any atom is 0.243 e. The average molecular weight is 501 g/mol. The van der Waals surface area contributed by atoms with Crippen molar-refractivity contribution in [3.05, 3.63) is 96.1 Å². The van der Waals surface area contributed by atoms with E-state index in [2.05, 4.69) is 5.32 Å². The molecule has 0 aliphatic carbocycles. The summed E-state index contributed by atoms with van der Waals surface area (Å²) in [6, 6.07) is 23.7. The maximum atomic E-state index is 13.8. The second-order valence-electron chi connectivity index (χ2n) is 8.33. The van der Waals surface area contributed by atoms with Crippen LogP contribution in [0.25, 0.3) is 0 Å². The molecule has 180 valence electrons. The number of benzene rings is 3. The number of ether oxygens (including phenoxy) is 1. The van der Waals surface area contributed by atoms with E-state index in [1.165, 1.54) is 23.5 Å². The zero-order valence-corrected chi connectivity index (χ0v) is 20.5. The van der Waals surface area contributed by atoms with Crippen LogP contribution < -0.4 is 10.1 Å². The van der Waals surface area contributed by atoms with E-state index in [4.69, 9.17) is 4.74 Å². The first kappa shape index (κ1) is 24.4. The molecule has 3 aromatic carbocycles. The number of rotatable bonds is 9. The molecule has 1 fully saturated rings. The van der Waals surface area contributed by atoms with E-state index in [0.29, 0.717) is 12.3 Å².